The largest absolute Gasteiger partial charge is 0.353 e. The maximum absolute atomic E-state index is 13.1. The molecule has 1 aliphatic rings. The lowest BCUT2D eigenvalue weighted by Crippen LogP contribution is -2.58. The summed E-state index contributed by atoms with van der Waals surface area (Å²) in [6.45, 7) is 0.688. The van der Waals surface area contributed by atoms with Crippen molar-refractivity contribution in [3.63, 3.8) is 0 Å². The van der Waals surface area contributed by atoms with Gasteiger partial charge in [-0.15, -0.1) is 0 Å². The second-order valence-corrected chi connectivity index (χ2v) is 6.57. The molecule has 1 fully saturated rings. The van der Waals surface area contributed by atoms with Gasteiger partial charge in [0.1, 0.15) is 11.6 Å². The third-order valence-electron chi connectivity index (χ3n) is 4.78. The van der Waals surface area contributed by atoms with Crippen LogP contribution >= 0.6 is 0 Å². The summed E-state index contributed by atoms with van der Waals surface area (Å²) in [6.07, 6.45) is 3.44. The zero-order valence-electron chi connectivity index (χ0n) is 15.0. The summed E-state index contributed by atoms with van der Waals surface area (Å²) in [5.74, 6) is -0.702. The summed E-state index contributed by atoms with van der Waals surface area (Å²) in [5.41, 5.74) is 1.77. The third-order valence-corrected chi connectivity index (χ3v) is 4.78. The Balaban J connectivity index is 1.62. The summed E-state index contributed by atoms with van der Waals surface area (Å²) in [6, 6.07) is 11.9. The molecule has 0 bridgehead atoms. The van der Waals surface area contributed by atoms with Crippen LogP contribution in [0.4, 0.5) is 0 Å². The van der Waals surface area contributed by atoms with Crippen molar-refractivity contribution in [1.29, 1.82) is 0 Å². The molecule has 142 valence electrons. The molecule has 1 aromatic carbocycles. The van der Waals surface area contributed by atoms with Crippen LogP contribution in [0.15, 0.2) is 59.8 Å². The number of carbonyl (C=O) groups excluding carboxylic acids is 2. The number of benzene rings is 1. The number of H-pyrrole nitrogens is 2. The lowest BCUT2D eigenvalue weighted by Gasteiger charge is -2.34. The normalized spacial score (nSPS) is 16.6. The minimum absolute atomic E-state index is 0.0176. The quantitative estimate of drug-likeness (QED) is 0.628. The first-order chi connectivity index (χ1) is 13.6. The molecule has 4 rings (SSSR count). The highest BCUT2D eigenvalue weighted by Gasteiger charge is 2.34. The van der Waals surface area contributed by atoms with Crippen LogP contribution in [0.5, 0.6) is 0 Å². The number of hydrogen-bond acceptors (Lipinski definition) is 4. The van der Waals surface area contributed by atoms with Crippen molar-refractivity contribution in [2.24, 2.45) is 0 Å². The number of imidazole rings is 1. The molecule has 8 nitrogen and oxygen atoms in total. The summed E-state index contributed by atoms with van der Waals surface area (Å²) >= 11 is 0. The van der Waals surface area contributed by atoms with Crippen LogP contribution in [-0.2, 0) is 11.2 Å². The maximum atomic E-state index is 13.1. The summed E-state index contributed by atoms with van der Waals surface area (Å²) in [4.78, 5) is 49.1. The van der Waals surface area contributed by atoms with Crippen molar-refractivity contribution in [3.8, 4) is 11.3 Å². The average Bonchev–Trinajstić information content (AvgIpc) is 3.23. The summed E-state index contributed by atoms with van der Waals surface area (Å²) in [7, 11) is 0. The van der Waals surface area contributed by atoms with Gasteiger partial charge in [-0.3, -0.25) is 14.4 Å². The third kappa shape index (κ3) is 3.44. The molecule has 2 aromatic heterocycles. The van der Waals surface area contributed by atoms with Gasteiger partial charge in [0.25, 0.3) is 11.5 Å². The molecule has 0 radical (unpaired) electrons. The van der Waals surface area contributed by atoms with Crippen LogP contribution in [0.1, 0.15) is 16.1 Å². The molecule has 28 heavy (non-hydrogen) atoms. The number of amides is 2. The van der Waals surface area contributed by atoms with Gasteiger partial charge in [0.05, 0.1) is 6.33 Å². The van der Waals surface area contributed by atoms with E-state index in [4.69, 9.17) is 0 Å². The van der Waals surface area contributed by atoms with Gasteiger partial charge >= 0.3 is 0 Å². The molecule has 8 heteroatoms. The van der Waals surface area contributed by atoms with Gasteiger partial charge in [0.15, 0.2) is 0 Å². The van der Waals surface area contributed by atoms with E-state index in [1.165, 1.54) is 17.3 Å². The van der Waals surface area contributed by atoms with Crippen molar-refractivity contribution < 1.29 is 9.59 Å². The summed E-state index contributed by atoms with van der Waals surface area (Å²) < 4.78 is 0. The number of aromatic nitrogens is 3. The molecule has 0 aliphatic carbocycles. The molecule has 1 aliphatic heterocycles. The predicted octanol–water partition coefficient (Wildman–Crippen LogP) is 0.948. The number of piperazine rings is 1. The standard InChI is InChI=1S/C20H19N5O3/c26-18-15(6-7-16(24-18)13-4-2-1-3-5-13)20(28)25-9-8-22-19(27)17(25)10-14-11-21-12-23-14/h1-7,11-12,17H,8-10H2,(H,21,23)(H,22,27)(H,24,26)/t17-/m1/s1. The number of aromatic amines is 2. The minimum Gasteiger partial charge on any atom is -0.353 e. The Morgan fingerprint density at radius 3 is 2.68 bits per heavy atom. The maximum Gasteiger partial charge on any atom is 0.261 e. The first-order valence-corrected chi connectivity index (χ1v) is 8.98. The van der Waals surface area contributed by atoms with Crippen molar-refractivity contribution in [2.45, 2.75) is 12.5 Å². The van der Waals surface area contributed by atoms with Gasteiger partial charge in [0.2, 0.25) is 5.91 Å². The van der Waals surface area contributed by atoms with Crippen LogP contribution in [0.3, 0.4) is 0 Å². The van der Waals surface area contributed by atoms with Gasteiger partial charge < -0.3 is 20.2 Å². The molecular formula is C20H19N5O3. The lowest BCUT2D eigenvalue weighted by atomic mass is 10.0. The van der Waals surface area contributed by atoms with Gasteiger partial charge in [-0.25, -0.2) is 4.98 Å². The van der Waals surface area contributed by atoms with Crippen molar-refractivity contribution in [2.75, 3.05) is 13.1 Å². The van der Waals surface area contributed by atoms with Crippen LogP contribution in [0, 0.1) is 0 Å². The number of nitrogens with zero attached hydrogens (tertiary/aromatic N) is 2. The van der Waals surface area contributed by atoms with Crippen molar-refractivity contribution in [1.82, 2.24) is 25.2 Å². The highest BCUT2D eigenvalue weighted by atomic mass is 16.2. The lowest BCUT2D eigenvalue weighted by molar-refractivity contribution is -0.127. The number of rotatable bonds is 4. The van der Waals surface area contributed by atoms with E-state index >= 15 is 0 Å². The van der Waals surface area contributed by atoms with Gasteiger partial charge in [-0.05, 0) is 17.7 Å². The first kappa shape index (κ1) is 17.7. The Morgan fingerprint density at radius 1 is 1.14 bits per heavy atom. The van der Waals surface area contributed by atoms with E-state index < -0.39 is 17.5 Å². The second-order valence-electron chi connectivity index (χ2n) is 6.57. The smallest absolute Gasteiger partial charge is 0.261 e. The van der Waals surface area contributed by atoms with Gasteiger partial charge in [-0.2, -0.15) is 0 Å². The first-order valence-electron chi connectivity index (χ1n) is 8.98. The molecule has 3 N–H and O–H groups in total. The van der Waals surface area contributed by atoms with E-state index in [0.717, 1.165) is 11.3 Å². The Labute approximate surface area is 160 Å². The van der Waals surface area contributed by atoms with Crippen LogP contribution < -0.4 is 10.9 Å². The zero-order chi connectivity index (χ0) is 19.5. The minimum atomic E-state index is -0.699. The fourth-order valence-electron chi connectivity index (χ4n) is 3.35. The molecule has 3 aromatic rings. The predicted molar refractivity (Wildman–Crippen MR) is 103 cm³/mol. The molecule has 2 amide bonds. The number of nitrogens with one attached hydrogen (secondary N) is 3. The number of hydrogen-bond donors (Lipinski definition) is 3. The van der Waals surface area contributed by atoms with Crippen molar-refractivity contribution in [3.05, 3.63) is 76.6 Å². The van der Waals surface area contributed by atoms with Crippen molar-refractivity contribution >= 4 is 11.8 Å². The fraction of sp³-hybridized carbons (Fsp3) is 0.200. The Bertz CT molecular complexity index is 1040. The van der Waals surface area contributed by atoms with E-state index in [1.807, 2.05) is 30.3 Å². The molecule has 0 saturated carbocycles. The zero-order valence-corrected chi connectivity index (χ0v) is 15.0. The van der Waals surface area contributed by atoms with E-state index in [2.05, 4.69) is 20.3 Å². The van der Waals surface area contributed by atoms with E-state index in [1.54, 1.807) is 12.3 Å². The Kier molecular flexibility index (Phi) is 4.76. The Morgan fingerprint density at radius 2 is 1.96 bits per heavy atom. The van der Waals surface area contributed by atoms with Gasteiger partial charge in [-0.1, -0.05) is 30.3 Å². The summed E-state index contributed by atoms with van der Waals surface area (Å²) in [5, 5.41) is 2.77. The van der Waals surface area contributed by atoms with E-state index in [-0.39, 0.29) is 11.5 Å². The number of carbonyl (C=O) groups is 2. The van der Waals surface area contributed by atoms with E-state index in [0.29, 0.717) is 25.2 Å². The molecule has 0 unspecified atom stereocenters. The Hall–Kier alpha value is -3.68. The highest BCUT2D eigenvalue weighted by molar-refractivity contribution is 5.98. The van der Waals surface area contributed by atoms with E-state index in [9.17, 15) is 14.4 Å². The molecule has 1 atom stereocenters. The highest BCUT2D eigenvalue weighted by Crippen LogP contribution is 2.17. The van der Waals surface area contributed by atoms with Gasteiger partial charge in [0, 0.05) is 37.1 Å². The molecule has 1 saturated heterocycles. The molecule has 0 spiro atoms. The average molecular weight is 377 g/mol. The SMILES string of the molecule is O=C1NCCN(C(=O)c2ccc(-c3ccccc3)[nH]c2=O)[C@@H]1Cc1cnc[nH]1. The molecule has 3 heterocycles. The van der Waals surface area contributed by atoms with Crippen LogP contribution in [0.2, 0.25) is 0 Å². The topological polar surface area (TPSA) is 111 Å². The van der Waals surface area contributed by atoms with Crippen LogP contribution in [0.25, 0.3) is 11.3 Å². The monoisotopic (exact) mass is 377 g/mol. The fourth-order valence-corrected chi connectivity index (χ4v) is 3.35. The second kappa shape index (κ2) is 7.51. The number of pyridine rings is 1. The van der Waals surface area contributed by atoms with Crippen LogP contribution in [-0.4, -0.2) is 50.8 Å². The molecular weight excluding hydrogens is 358 g/mol.